The second-order valence-electron chi connectivity index (χ2n) is 12.6. The molecule has 0 aromatic heterocycles. The Labute approximate surface area is 183 Å². The third kappa shape index (κ3) is 5.42. The maximum atomic E-state index is 2.36. The molecule has 158 valence electrons. The molecule has 1 aromatic rings. The summed E-state index contributed by atoms with van der Waals surface area (Å²) < 4.78 is 0. The Morgan fingerprint density at radius 2 is 0.966 bits per heavy atom. The molecule has 0 saturated carbocycles. The van der Waals surface area contributed by atoms with Crippen molar-refractivity contribution in [3.05, 3.63) is 59.0 Å². The summed E-state index contributed by atoms with van der Waals surface area (Å²) >= 11 is 0. The SMILES string of the molecule is CC(C)(C)C1=C[CH+]C=C(C(C)(C)C)C1=[Si-]c1c(C(C)(C)C)cccc1C(C)(C)C. The van der Waals surface area contributed by atoms with Crippen LogP contribution in [0.15, 0.2) is 41.5 Å². The highest BCUT2D eigenvalue weighted by Gasteiger charge is 2.32. The van der Waals surface area contributed by atoms with Gasteiger partial charge in [-0.25, -0.2) is 5.19 Å². The van der Waals surface area contributed by atoms with Crippen molar-refractivity contribution in [2.75, 3.05) is 0 Å². The predicted molar refractivity (Wildman–Crippen MR) is 134 cm³/mol. The minimum atomic E-state index is 0.127. The van der Waals surface area contributed by atoms with E-state index in [0.29, 0.717) is 9.13 Å². The monoisotopic (exact) mass is 406 g/mol. The minimum absolute atomic E-state index is 0.127. The van der Waals surface area contributed by atoms with Gasteiger partial charge >= 0.3 is 0 Å². The zero-order valence-corrected chi connectivity index (χ0v) is 22.0. The predicted octanol–water partition coefficient (Wildman–Crippen LogP) is 6.95. The topological polar surface area (TPSA) is 0 Å². The second-order valence-corrected chi connectivity index (χ2v) is 13.8. The standard InChI is InChI=1S/C28H42Si/c1-25(2,3)19-15-13-16-20(26(4,5)6)23(19)29-24-21(27(7,8)9)17-14-18-22(24)28(10,11)12/h13-18H,1-12H3. The molecule has 1 aromatic carbocycles. The molecule has 29 heavy (non-hydrogen) atoms. The van der Waals surface area contributed by atoms with E-state index in [0.717, 1.165) is 0 Å². The van der Waals surface area contributed by atoms with Crippen molar-refractivity contribution in [2.24, 2.45) is 10.8 Å². The Morgan fingerprint density at radius 3 is 1.28 bits per heavy atom. The molecule has 1 heteroatoms. The lowest BCUT2D eigenvalue weighted by Gasteiger charge is -2.38. The summed E-state index contributed by atoms with van der Waals surface area (Å²) in [5, 5.41) is 3.10. The molecule has 0 N–H and O–H groups in total. The zero-order valence-electron chi connectivity index (χ0n) is 21.0. The van der Waals surface area contributed by atoms with Gasteiger partial charge in [0, 0.05) is 40.5 Å². The fourth-order valence-corrected chi connectivity index (χ4v) is 6.62. The molecule has 0 saturated heterocycles. The summed E-state index contributed by atoms with van der Waals surface area (Å²) in [7, 11) is 0.666. The fraction of sp³-hybridized carbons (Fsp3) is 0.571. The van der Waals surface area contributed by atoms with Gasteiger partial charge in [0.05, 0.1) is 0 Å². The first kappa shape index (κ1) is 23.9. The van der Waals surface area contributed by atoms with Crippen molar-refractivity contribution in [2.45, 2.75) is 93.9 Å². The molecule has 0 spiro atoms. The molecule has 2 rings (SSSR count). The Balaban J connectivity index is 2.92. The fourth-order valence-electron chi connectivity index (χ4n) is 4.00. The van der Waals surface area contributed by atoms with Crippen LogP contribution in [0.25, 0.3) is 0 Å². The van der Waals surface area contributed by atoms with Gasteiger partial charge in [0.1, 0.15) is 0 Å². The molecule has 0 nitrogen and oxygen atoms in total. The molecule has 0 radical (unpaired) electrons. The average molecular weight is 407 g/mol. The summed E-state index contributed by atoms with van der Waals surface area (Å²) in [6.45, 7) is 28.2. The van der Waals surface area contributed by atoms with Crippen molar-refractivity contribution in [1.82, 2.24) is 0 Å². The Kier molecular flexibility index (Phi) is 6.38. The van der Waals surface area contributed by atoms with Crippen LogP contribution in [0.5, 0.6) is 0 Å². The van der Waals surface area contributed by atoms with E-state index in [4.69, 9.17) is 0 Å². The van der Waals surface area contributed by atoms with Crippen LogP contribution < -0.4 is 5.19 Å². The van der Waals surface area contributed by atoms with Crippen LogP contribution in [0.2, 0.25) is 0 Å². The van der Waals surface area contributed by atoms with Gasteiger partial charge in [-0.15, -0.1) is 5.17 Å². The second kappa shape index (κ2) is 7.73. The molecule has 0 aliphatic heterocycles. The van der Waals surface area contributed by atoms with E-state index < -0.39 is 0 Å². The van der Waals surface area contributed by atoms with Gasteiger partial charge < -0.3 is 9.13 Å². The normalized spacial score (nSPS) is 16.2. The largest absolute Gasteiger partial charge is 0.359 e. The molecule has 0 fully saturated rings. The summed E-state index contributed by atoms with van der Waals surface area (Å²) in [5.41, 5.74) is 6.48. The van der Waals surface area contributed by atoms with Gasteiger partial charge in [0.15, 0.2) is 0 Å². The molecule has 0 heterocycles. The van der Waals surface area contributed by atoms with Crippen LogP contribution in [-0.2, 0) is 10.8 Å². The Hall–Kier alpha value is -1.34. The van der Waals surface area contributed by atoms with E-state index in [2.05, 4.69) is 120 Å². The number of allylic oxidation sites excluding steroid dienone is 4. The minimum Gasteiger partial charge on any atom is -0.359 e. The average Bonchev–Trinajstić information content (AvgIpc) is 2.51. The van der Waals surface area contributed by atoms with Crippen molar-refractivity contribution < 1.29 is 0 Å². The van der Waals surface area contributed by atoms with Gasteiger partial charge in [-0.3, -0.25) is 0 Å². The van der Waals surface area contributed by atoms with E-state index in [-0.39, 0.29) is 21.7 Å². The number of rotatable bonds is 1. The molecular formula is C28H42Si. The zero-order chi connectivity index (χ0) is 22.4. The maximum absolute atomic E-state index is 2.36. The van der Waals surface area contributed by atoms with Gasteiger partial charge in [0.25, 0.3) is 0 Å². The summed E-state index contributed by atoms with van der Waals surface area (Å²) in [6, 6.07) is 6.97. The van der Waals surface area contributed by atoms with Gasteiger partial charge in [-0.1, -0.05) is 70.9 Å². The maximum Gasteiger partial charge on any atom is 0.0484 e. The van der Waals surface area contributed by atoms with Crippen molar-refractivity contribution in [3.8, 4) is 0 Å². The molecule has 0 amide bonds. The van der Waals surface area contributed by atoms with Crippen LogP contribution >= 0.6 is 0 Å². The van der Waals surface area contributed by atoms with E-state index in [1.54, 1.807) is 10.4 Å². The van der Waals surface area contributed by atoms with Crippen LogP contribution in [-0.4, -0.2) is 14.3 Å². The lowest BCUT2D eigenvalue weighted by Crippen LogP contribution is -2.38. The molecule has 0 bridgehead atoms. The molecule has 0 atom stereocenters. The highest BCUT2D eigenvalue weighted by atomic mass is 28.2. The lowest BCUT2D eigenvalue weighted by molar-refractivity contribution is 0.506. The van der Waals surface area contributed by atoms with Gasteiger partial charge in [0.2, 0.25) is 0 Å². The highest BCUT2D eigenvalue weighted by Crippen LogP contribution is 2.38. The molecule has 1 aliphatic rings. The highest BCUT2D eigenvalue weighted by molar-refractivity contribution is 6.72. The molecular weight excluding hydrogens is 364 g/mol. The number of hydrogen-bond acceptors (Lipinski definition) is 0. The van der Waals surface area contributed by atoms with E-state index in [1.807, 2.05) is 0 Å². The Bertz CT molecular complexity index is 783. The summed E-state index contributed by atoms with van der Waals surface area (Å²) in [4.78, 5) is 0. The smallest absolute Gasteiger partial charge is 0.0484 e. The summed E-state index contributed by atoms with van der Waals surface area (Å²) in [5.74, 6) is 0. The van der Waals surface area contributed by atoms with Gasteiger partial charge in [-0.05, 0) is 52.4 Å². The lowest BCUT2D eigenvalue weighted by atomic mass is 9.73. The van der Waals surface area contributed by atoms with E-state index >= 15 is 0 Å². The quantitative estimate of drug-likeness (QED) is 0.350. The number of hydrogen-bond donors (Lipinski definition) is 0. The van der Waals surface area contributed by atoms with Gasteiger partial charge in [-0.2, -0.15) is 0 Å². The van der Waals surface area contributed by atoms with Crippen LogP contribution in [0, 0.1) is 17.3 Å². The van der Waals surface area contributed by atoms with Crippen molar-refractivity contribution >= 4 is 19.5 Å². The third-order valence-electron chi connectivity index (χ3n) is 5.61. The first-order chi connectivity index (χ1) is 12.9. The van der Waals surface area contributed by atoms with Crippen molar-refractivity contribution in [3.63, 3.8) is 0 Å². The van der Waals surface area contributed by atoms with Crippen LogP contribution in [0.4, 0.5) is 0 Å². The first-order valence-electron chi connectivity index (χ1n) is 11.0. The molecule has 0 unspecified atom stereocenters. The Morgan fingerprint density at radius 1 is 0.586 bits per heavy atom. The third-order valence-corrected chi connectivity index (χ3v) is 7.19. The van der Waals surface area contributed by atoms with E-state index in [1.165, 1.54) is 22.3 Å². The van der Waals surface area contributed by atoms with Crippen molar-refractivity contribution in [1.29, 1.82) is 0 Å². The number of benzene rings is 1. The van der Waals surface area contributed by atoms with Crippen LogP contribution in [0.3, 0.4) is 0 Å². The molecule has 1 aliphatic carbocycles. The van der Waals surface area contributed by atoms with Crippen LogP contribution in [0.1, 0.15) is 94.2 Å². The van der Waals surface area contributed by atoms with E-state index in [9.17, 15) is 0 Å². The summed E-state index contributed by atoms with van der Waals surface area (Å²) in [6.07, 6.45) is 6.97. The first-order valence-corrected chi connectivity index (χ1v) is 12.0.